The Morgan fingerprint density at radius 3 is 2.56 bits per heavy atom. The third kappa shape index (κ3) is 4.97. The Bertz CT molecular complexity index is 1310. The number of rotatable bonds is 7. The SMILES string of the molecule is C=CC(=O)N1CC(C(C)Cn2c(=O)ccc3cnc(Nc4ccc(N5CCN(C)CC5)cc4)nc32)C1. The second-order valence-corrected chi connectivity index (χ2v) is 9.90. The number of pyridine rings is 1. The Labute approximate surface area is 211 Å². The summed E-state index contributed by atoms with van der Waals surface area (Å²) in [6, 6.07) is 11.6. The minimum atomic E-state index is -0.0890. The molecule has 2 aromatic heterocycles. The zero-order valence-corrected chi connectivity index (χ0v) is 20.9. The van der Waals surface area contributed by atoms with E-state index < -0.39 is 0 Å². The zero-order chi connectivity index (χ0) is 25.2. The van der Waals surface area contributed by atoms with E-state index >= 15 is 0 Å². The van der Waals surface area contributed by atoms with Crippen LogP contribution in [0.5, 0.6) is 0 Å². The smallest absolute Gasteiger partial charge is 0.252 e. The molecule has 2 fully saturated rings. The largest absolute Gasteiger partial charge is 0.369 e. The lowest BCUT2D eigenvalue weighted by molar-refractivity contribution is -0.133. The lowest BCUT2D eigenvalue weighted by atomic mass is 9.86. The van der Waals surface area contributed by atoms with E-state index in [1.807, 2.05) is 12.1 Å². The fourth-order valence-electron chi connectivity index (χ4n) is 4.88. The first-order chi connectivity index (χ1) is 17.4. The second kappa shape index (κ2) is 10.1. The van der Waals surface area contributed by atoms with E-state index in [2.05, 4.69) is 52.8 Å². The van der Waals surface area contributed by atoms with Crippen LogP contribution in [0.1, 0.15) is 6.92 Å². The van der Waals surface area contributed by atoms with Crippen LogP contribution < -0.4 is 15.8 Å². The van der Waals surface area contributed by atoms with E-state index in [0.717, 1.165) is 37.3 Å². The highest BCUT2D eigenvalue weighted by Gasteiger charge is 2.33. The summed E-state index contributed by atoms with van der Waals surface area (Å²) in [6.45, 7) is 11.8. The van der Waals surface area contributed by atoms with Crippen LogP contribution in [-0.2, 0) is 11.3 Å². The summed E-state index contributed by atoms with van der Waals surface area (Å²) in [5.41, 5.74) is 2.63. The molecule has 0 bridgehead atoms. The summed E-state index contributed by atoms with van der Waals surface area (Å²) < 4.78 is 1.72. The highest BCUT2D eigenvalue weighted by atomic mass is 16.2. The summed E-state index contributed by atoms with van der Waals surface area (Å²) in [5.74, 6) is 0.971. The van der Waals surface area contributed by atoms with Gasteiger partial charge in [0.05, 0.1) is 0 Å². The number of piperazine rings is 1. The molecule has 2 aliphatic heterocycles. The number of fused-ring (bicyclic) bond motifs is 1. The minimum Gasteiger partial charge on any atom is -0.369 e. The summed E-state index contributed by atoms with van der Waals surface area (Å²) in [6.07, 6.45) is 3.10. The zero-order valence-electron chi connectivity index (χ0n) is 20.9. The maximum atomic E-state index is 12.8. The van der Waals surface area contributed by atoms with Gasteiger partial charge in [-0.05, 0) is 55.3 Å². The van der Waals surface area contributed by atoms with Gasteiger partial charge in [0.15, 0.2) is 0 Å². The van der Waals surface area contributed by atoms with Crippen molar-refractivity contribution in [3.8, 4) is 0 Å². The summed E-state index contributed by atoms with van der Waals surface area (Å²) in [4.78, 5) is 40.3. The molecule has 2 aliphatic rings. The Balaban J connectivity index is 1.30. The van der Waals surface area contributed by atoms with Gasteiger partial charge in [0.25, 0.3) is 5.56 Å². The Morgan fingerprint density at radius 2 is 1.86 bits per heavy atom. The van der Waals surface area contributed by atoms with E-state index in [0.29, 0.717) is 37.1 Å². The minimum absolute atomic E-state index is 0.0409. The predicted molar refractivity (Wildman–Crippen MR) is 143 cm³/mol. The Hall–Kier alpha value is -3.72. The van der Waals surface area contributed by atoms with Crippen molar-refractivity contribution >= 4 is 34.3 Å². The van der Waals surface area contributed by atoms with Gasteiger partial charge in [-0.2, -0.15) is 4.98 Å². The number of nitrogens with one attached hydrogen (secondary N) is 1. The first-order valence-electron chi connectivity index (χ1n) is 12.5. The predicted octanol–water partition coefficient (Wildman–Crippen LogP) is 2.57. The molecule has 2 saturated heterocycles. The molecule has 1 amide bonds. The van der Waals surface area contributed by atoms with Crippen LogP contribution >= 0.6 is 0 Å². The Morgan fingerprint density at radius 1 is 1.14 bits per heavy atom. The molecule has 0 saturated carbocycles. The normalized spacial score (nSPS) is 17.6. The second-order valence-electron chi connectivity index (χ2n) is 9.90. The third-order valence-electron chi connectivity index (χ3n) is 7.39. The van der Waals surface area contributed by atoms with E-state index in [9.17, 15) is 9.59 Å². The monoisotopic (exact) mass is 487 g/mol. The quantitative estimate of drug-likeness (QED) is 0.513. The topological polar surface area (TPSA) is 86.6 Å². The highest BCUT2D eigenvalue weighted by molar-refractivity contribution is 5.87. The standard InChI is InChI=1S/C27H33N7O2/c1-4-24(35)33-17-21(18-33)19(2)16-34-25(36)10-5-20-15-28-27(30-26(20)34)29-22-6-8-23(9-7-22)32-13-11-31(3)12-14-32/h4-10,15,19,21H,1,11-14,16-18H2,2-3H3,(H,28,29,30). The van der Waals surface area contributed by atoms with Crippen molar-refractivity contribution < 1.29 is 4.79 Å². The van der Waals surface area contributed by atoms with Gasteiger partial charge in [0, 0.05) is 74.8 Å². The first-order valence-corrected chi connectivity index (χ1v) is 12.5. The van der Waals surface area contributed by atoms with Crippen LogP contribution in [0.2, 0.25) is 0 Å². The number of amides is 1. The molecule has 1 atom stereocenters. The molecular formula is C27H33N7O2. The maximum absolute atomic E-state index is 12.8. The van der Waals surface area contributed by atoms with Gasteiger partial charge in [-0.15, -0.1) is 0 Å². The lowest BCUT2D eigenvalue weighted by Gasteiger charge is -2.42. The number of carbonyl (C=O) groups is 1. The molecule has 9 nitrogen and oxygen atoms in total. The molecule has 5 rings (SSSR count). The van der Waals surface area contributed by atoms with Gasteiger partial charge in [-0.1, -0.05) is 13.5 Å². The van der Waals surface area contributed by atoms with Crippen LogP contribution in [-0.4, -0.2) is 76.6 Å². The molecule has 36 heavy (non-hydrogen) atoms. The van der Waals surface area contributed by atoms with Crippen molar-refractivity contribution in [1.29, 1.82) is 0 Å². The van der Waals surface area contributed by atoms with Gasteiger partial charge >= 0.3 is 0 Å². The lowest BCUT2D eigenvalue weighted by Crippen LogP contribution is -2.52. The van der Waals surface area contributed by atoms with Crippen molar-refractivity contribution in [2.75, 3.05) is 56.5 Å². The Kier molecular flexibility index (Phi) is 6.73. The molecule has 1 N–H and O–H groups in total. The summed E-state index contributed by atoms with van der Waals surface area (Å²) in [5, 5.41) is 4.10. The highest BCUT2D eigenvalue weighted by Crippen LogP contribution is 2.26. The maximum Gasteiger partial charge on any atom is 0.252 e. The molecule has 4 heterocycles. The number of anilines is 3. The van der Waals surface area contributed by atoms with Crippen molar-refractivity contribution in [1.82, 2.24) is 24.3 Å². The number of likely N-dealkylation sites (tertiary alicyclic amines) is 1. The average molecular weight is 488 g/mol. The van der Waals surface area contributed by atoms with Crippen molar-refractivity contribution in [2.24, 2.45) is 11.8 Å². The molecule has 9 heteroatoms. The third-order valence-corrected chi connectivity index (χ3v) is 7.39. The fourth-order valence-corrected chi connectivity index (χ4v) is 4.88. The van der Waals surface area contributed by atoms with E-state index in [-0.39, 0.29) is 17.4 Å². The number of hydrogen-bond acceptors (Lipinski definition) is 7. The number of benzene rings is 1. The van der Waals surface area contributed by atoms with Crippen LogP contribution in [0.4, 0.5) is 17.3 Å². The van der Waals surface area contributed by atoms with Gasteiger partial charge in [-0.3, -0.25) is 14.2 Å². The number of nitrogens with zero attached hydrogens (tertiary/aromatic N) is 6. The van der Waals surface area contributed by atoms with Gasteiger partial charge in [-0.25, -0.2) is 4.98 Å². The molecule has 0 radical (unpaired) electrons. The van der Waals surface area contributed by atoms with Crippen molar-refractivity contribution in [3.63, 3.8) is 0 Å². The molecule has 1 unspecified atom stereocenters. The van der Waals surface area contributed by atoms with Crippen LogP contribution in [0.25, 0.3) is 11.0 Å². The van der Waals surface area contributed by atoms with E-state index in [1.165, 1.54) is 11.8 Å². The summed E-state index contributed by atoms with van der Waals surface area (Å²) in [7, 11) is 2.15. The fraction of sp³-hybridized carbons (Fsp3) is 0.407. The van der Waals surface area contributed by atoms with Gasteiger partial charge < -0.3 is 20.0 Å². The molecule has 1 aromatic carbocycles. The molecule has 188 valence electrons. The first kappa shape index (κ1) is 24.0. The number of likely N-dealkylation sites (N-methyl/N-ethyl adjacent to an activating group) is 1. The summed E-state index contributed by atoms with van der Waals surface area (Å²) >= 11 is 0. The van der Waals surface area contributed by atoms with E-state index in [4.69, 9.17) is 4.98 Å². The molecular weight excluding hydrogens is 454 g/mol. The van der Waals surface area contributed by atoms with E-state index in [1.54, 1.807) is 27.8 Å². The number of hydrogen-bond donors (Lipinski definition) is 1. The van der Waals surface area contributed by atoms with Gasteiger partial charge in [0.2, 0.25) is 11.9 Å². The van der Waals surface area contributed by atoms with Crippen LogP contribution in [0, 0.1) is 11.8 Å². The van der Waals surface area contributed by atoms with Crippen molar-refractivity contribution in [2.45, 2.75) is 13.5 Å². The van der Waals surface area contributed by atoms with Gasteiger partial charge in [0.1, 0.15) is 5.65 Å². The molecule has 0 aliphatic carbocycles. The van der Waals surface area contributed by atoms with Crippen LogP contribution in [0.3, 0.4) is 0 Å². The molecule has 3 aromatic rings. The average Bonchev–Trinajstić information content (AvgIpc) is 2.86. The molecule has 0 spiro atoms. The van der Waals surface area contributed by atoms with Crippen molar-refractivity contribution in [3.05, 3.63) is 65.6 Å². The van der Waals surface area contributed by atoms with Crippen LogP contribution in [0.15, 0.2) is 60.0 Å². The number of aromatic nitrogens is 3. The number of carbonyl (C=O) groups excluding carboxylic acids is 1.